The fraction of sp³-hybridized carbons (Fsp3) is 0.833. The largest absolute Gasteiger partial charge is 0.508 e. The first kappa shape index (κ1) is 26.6. The molecular weight excluding hydrogens is 508 g/mol. The summed E-state index contributed by atoms with van der Waals surface area (Å²) < 4.78 is 40.7. The summed E-state index contributed by atoms with van der Waals surface area (Å²) in [6, 6.07) is 0. The second-order valence-corrected chi connectivity index (χ2v) is 10.5. The molecule has 6 unspecified atom stereocenters. The quantitative estimate of drug-likeness (QED) is 0.259. The van der Waals surface area contributed by atoms with Gasteiger partial charge in [0.25, 0.3) is 0 Å². The lowest BCUT2D eigenvalue weighted by Crippen LogP contribution is -2.45. The Morgan fingerprint density at radius 1 is 0.500 bits per heavy atom. The lowest BCUT2D eigenvalue weighted by atomic mass is 9.80. The van der Waals surface area contributed by atoms with E-state index in [1.165, 1.54) is 0 Å². The summed E-state index contributed by atoms with van der Waals surface area (Å²) >= 11 is 0. The van der Waals surface area contributed by atoms with Crippen LogP contribution >= 0.6 is 0 Å². The summed E-state index contributed by atoms with van der Waals surface area (Å²) in [5.74, 6) is 0.763. The number of ether oxygens (including phenoxy) is 8. The monoisotopic (exact) mass is 542 g/mol. The van der Waals surface area contributed by atoms with Crippen molar-refractivity contribution in [3.8, 4) is 0 Å². The highest BCUT2D eigenvalue weighted by atomic mass is 16.8. The van der Waals surface area contributed by atoms with Crippen LogP contribution in [0.25, 0.3) is 0 Å². The van der Waals surface area contributed by atoms with Crippen LogP contribution < -0.4 is 0 Å². The molecule has 1 saturated carbocycles. The maximum absolute atomic E-state index is 11.4. The van der Waals surface area contributed by atoms with E-state index in [2.05, 4.69) is 9.80 Å². The van der Waals surface area contributed by atoms with Gasteiger partial charge < -0.3 is 37.9 Å². The molecule has 4 saturated heterocycles. The number of cyclic esters (lactones) is 8. The van der Waals surface area contributed by atoms with Gasteiger partial charge in [-0.1, -0.05) is 6.42 Å². The molecule has 0 aromatic rings. The summed E-state index contributed by atoms with van der Waals surface area (Å²) in [5, 5.41) is 0. The lowest BCUT2D eigenvalue weighted by molar-refractivity contribution is 0.0511. The highest BCUT2D eigenvalue weighted by molar-refractivity contribution is 5.63. The standard InChI is InChI=1S/C24H34N2O12/c27-21-31-11-17(35-21)7-25(8-18-12-32-22(28)36-18)5-15-2-1-3-16(4-15)6-26(9-19-13-33-23(29)37-19)10-20-14-34-24(30)38-20/h15-20H,1-14H2. The number of nitrogens with zero attached hydrogens (tertiary/aromatic N) is 2. The molecule has 4 heterocycles. The Kier molecular flexibility index (Phi) is 8.57. The number of carbonyl (C=O) groups excluding carboxylic acids is 4. The minimum atomic E-state index is -0.667. The van der Waals surface area contributed by atoms with Crippen molar-refractivity contribution in [2.45, 2.75) is 50.1 Å². The van der Waals surface area contributed by atoms with Crippen LogP contribution in [0.4, 0.5) is 19.2 Å². The molecule has 0 radical (unpaired) electrons. The highest BCUT2D eigenvalue weighted by Crippen LogP contribution is 2.31. The van der Waals surface area contributed by atoms with Gasteiger partial charge in [0, 0.05) is 39.3 Å². The maximum atomic E-state index is 11.4. The van der Waals surface area contributed by atoms with Crippen LogP contribution in [-0.2, 0) is 37.9 Å². The molecule has 0 bridgehead atoms. The van der Waals surface area contributed by atoms with E-state index in [9.17, 15) is 19.2 Å². The minimum absolute atomic E-state index is 0.198. The first-order valence-corrected chi connectivity index (χ1v) is 13.2. The Hall–Kier alpha value is -3.00. The fourth-order valence-electron chi connectivity index (χ4n) is 5.88. The Morgan fingerprint density at radius 3 is 1.08 bits per heavy atom. The van der Waals surface area contributed by atoms with E-state index in [4.69, 9.17) is 37.9 Å². The third-order valence-corrected chi connectivity index (χ3v) is 7.37. The van der Waals surface area contributed by atoms with Gasteiger partial charge in [-0.05, 0) is 31.1 Å². The van der Waals surface area contributed by atoms with Gasteiger partial charge in [0.1, 0.15) is 26.4 Å². The molecule has 0 N–H and O–H groups in total. The predicted octanol–water partition coefficient (Wildman–Crippen LogP) is 1.54. The molecule has 5 rings (SSSR count). The van der Waals surface area contributed by atoms with Gasteiger partial charge in [-0.15, -0.1) is 0 Å². The third-order valence-electron chi connectivity index (χ3n) is 7.37. The third kappa shape index (κ3) is 7.53. The molecule has 1 aliphatic carbocycles. The summed E-state index contributed by atoms with van der Waals surface area (Å²) in [7, 11) is 0. The number of carbonyl (C=O) groups is 4. The van der Waals surface area contributed by atoms with Crippen LogP contribution in [0.15, 0.2) is 0 Å². The van der Waals surface area contributed by atoms with Crippen LogP contribution in [0.5, 0.6) is 0 Å². The molecule has 0 aromatic carbocycles. The van der Waals surface area contributed by atoms with Crippen molar-refractivity contribution in [2.75, 3.05) is 65.7 Å². The molecule has 5 fully saturated rings. The van der Waals surface area contributed by atoms with Crippen LogP contribution in [0.3, 0.4) is 0 Å². The summed E-state index contributed by atoms with van der Waals surface area (Å²) in [6.07, 6.45) is -0.0219. The van der Waals surface area contributed by atoms with E-state index in [-0.39, 0.29) is 50.8 Å². The van der Waals surface area contributed by atoms with Gasteiger partial charge in [0.2, 0.25) is 0 Å². The molecule has 5 aliphatic rings. The molecule has 38 heavy (non-hydrogen) atoms. The highest BCUT2D eigenvalue weighted by Gasteiger charge is 2.35. The van der Waals surface area contributed by atoms with E-state index in [0.717, 1.165) is 38.8 Å². The SMILES string of the molecule is O=C1OCC(CN(CC2CCCC(CN(CC3COC(=O)O3)CC3COC(=O)O3)C2)CC2COC(=O)O2)O1. The molecule has 14 nitrogen and oxygen atoms in total. The van der Waals surface area contributed by atoms with E-state index in [1.54, 1.807) is 0 Å². The maximum Gasteiger partial charge on any atom is 0.508 e. The Labute approximate surface area is 219 Å². The molecular formula is C24H34N2O12. The van der Waals surface area contributed by atoms with Crippen molar-refractivity contribution in [3.63, 3.8) is 0 Å². The van der Waals surface area contributed by atoms with E-state index in [0.29, 0.717) is 38.0 Å². The van der Waals surface area contributed by atoms with Crippen LogP contribution in [0.1, 0.15) is 25.7 Å². The average Bonchev–Trinajstić information content (AvgIpc) is 3.66. The zero-order valence-electron chi connectivity index (χ0n) is 21.2. The van der Waals surface area contributed by atoms with Gasteiger partial charge in [-0.2, -0.15) is 0 Å². The van der Waals surface area contributed by atoms with Crippen LogP contribution in [0, 0.1) is 11.8 Å². The predicted molar refractivity (Wildman–Crippen MR) is 123 cm³/mol. The van der Waals surface area contributed by atoms with Gasteiger partial charge in [-0.3, -0.25) is 9.80 Å². The number of hydrogen-bond donors (Lipinski definition) is 0. The first-order chi connectivity index (χ1) is 18.4. The van der Waals surface area contributed by atoms with Crippen molar-refractivity contribution in [1.29, 1.82) is 0 Å². The van der Waals surface area contributed by atoms with Gasteiger partial charge >= 0.3 is 24.6 Å². The molecule has 0 spiro atoms. The van der Waals surface area contributed by atoms with E-state index < -0.39 is 24.6 Å². The smallest absolute Gasteiger partial charge is 0.430 e. The van der Waals surface area contributed by atoms with Crippen molar-refractivity contribution in [1.82, 2.24) is 9.80 Å². The Bertz CT molecular complexity index is 762. The zero-order chi connectivity index (χ0) is 26.5. The van der Waals surface area contributed by atoms with E-state index >= 15 is 0 Å². The van der Waals surface area contributed by atoms with Crippen LogP contribution in [-0.4, -0.2) is 125 Å². The minimum Gasteiger partial charge on any atom is -0.430 e. The zero-order valence-corrected chi connectivity index (χ0v) is 21.2. The molecule has 0 aromatic heterocycles. The fourth-order valence-corrected chi connectivity index (χ4v) is 5.88. The summed E-state index contributed by atoms with van der Waals surface area (Å²) in [6.45, 7) is 4.21. The van der Waals surface area contributed by atoms with Crippen molar-refractivity contribution in [3.05, 3.63) is 0 Å². The summed E-state index contributed by atoms with van der Waals surface area (Å²) in [4.78, 5) is 50.0. The second-order valence-electron chi connectivity index (χ2n) is 10.5. The lowest BCUT2D eigenvalue weighted by Gasteiger charge is -2.37. The van der Waals surface area contributed by atoms with Gasteiger partial charge in [0.15, 0.2) is 24.4 Å². The Morgan fingerprint density at radius 2 is 0.816 bits per heavy atom. The Balaban J connectivity index is 1.17. The van der Waals surface area contributed by atoms with Crippen LogP contribution in [0.2, 0.25) is 0 Å². The normalized spacial score (nSPS) is 32.8. The first-order valence-electron chi connectivity index (χ1n) is 13.2. The summed E-state index contributed by atoms with van der Waals surface area (Å²) in [5.41, 5.74) is 0. The van der Waals surface area contributed by atoms with Gasteiger partial charge in [-0.25, -0.2) is 19.2 Å². The topological polar surface area (TPSA) is 149 Å². The van der Waals surface area contributed by atoms with Crippen molar-refractivity contribution < 1.29 is 57.1 Å². The second kappa shape index (κ2) is 12.2. The average molecular weight is 543 g/mol. The molecule has 4 aliphatic heterocycles. The molecule has 14 heteroatoms. The van der Waals surface area contributed by atoms with E-state index in [1.807, 2.05) is 0 Å². The number of hydrogen-bond acceptors (Lipinski definition) is 14. The molecule has 6 atom stereocenters. The van der Waals surface area contributed by atoms with Crippen molar-refractivity contribution >= 4 is 24.6 Å². The molecule has 212 valence electrons. The van der Waals surface area contributed by atoms with Crippen molar-refractivity contribution in [2.24, 2.45) is 11.8 Å². The van der Waals surface area contributed by atoms with Gasteiger partial charge in [0.05, 0.1) is 0 Å². The number of rotatable bonds is 12. The molecule has 0 amide bonds.